The predicted molar refractivity (Wildman–Crippen MR) is 107 cm³/mol. The molecule has 3 N–H and O–H groups in total. The van der Waals surface area contributed by atoms with Crippen molar-refractivity contribution in [3.8, 4) is 5.75 Å². The molecule has 2 rings (SSSR count). The predicted octanol–water partition coefficient (Wildman–Crippen LogP) is 3.74. The molecule has 0 saturated carbocycles. The second-order valence-corrected chi connectivity index (χ2v) is 7.92. The molecular weight excluding hydrogens is 407 g/mol. The molecule has 1 aromatic rings. The number of aromatic hydroxyl groups is 1. The summed E-state index contributed by atoms with van der Waals surface area (Å²) in [5.41, 5.74) is 0.705. The van der Waals surface area contributed by atoms with Crippen LogP contribution >= 0.6 is 11.6 Å². The molecule has 29 heavy (non-hydrogen) atoms. The third kappa shape index (κ3) is 7.62. The molecule has 9 heteroatoms. The van der Waals surface area contributed by atoms with E-state index in [1.165, 1.54) is 6.07 Å². The van der Waals surface area contributed by atoms with Gasteiger partial charge in [-0.3, -0.25) is 4.79 Å². The number of rotatable bonds is 8. The average Bonchev–Trinajstić information content (AvgIpc) is 2.61. The molecule has 160 valence electrons. The Morgan fingerprint density at radius 2 is 2.03 bits per heavy atom. The summed E-state index contributed by atoms with van der Waals surface area (Å²) < 4.78 is 36.6. The molecule has 1 aromatic carbocycles. The Kier molecular flexibility index (Phi) is 7.60. The summed E-state index contributed by atoms with van der Waals surface area (Å²) in [6.45, 7) is 3.66. The Morgan fingerprint density at radius 3 is 2.66 bits per heavy atom. The third-order valence-electron chi connectivity index (χ3n) is 4.63. The number of halogens is 4. The molecule has 1 heterocycles. The van der Waals surface area contributed by atoms with Crippen molar-refractivity contribution in [3.05, 3.63) is 52.8 Å². The van der Waals surface area contributed by atoms with Crippen LogP contribution in [0.4, 0.5) is 13.2 Å². The monoisotopic (exact) mass is 431 g/mol. The van der Waals surface area contributed by atoms with Crippen molar-refractivity contribution in [3.63, 3.8) is 0 Å². The van der Waals surface area contributed by atoms with Gasteiger partial charge in [-0.2, -0.15) is 13.2 Å². The average molecular weight is 432 g/mol. The summed E-state index contributed by atoms with van der Waals surface area (Å²) in [5, 5.41) is 15.4. The number of benzene rings is 1. The zero-order valence-corrected chi connectivity index (χ0v) is 17.1. The normalized spacial score (nSPS) is 14.7. The van der Waals surface area contributed by atoms with Gasteiger partial charge in [-0.1, -0.05) is 11.6 Å². The van der Waals surface area contributed by atoms with Crippen LogP contribution in [-0.4, -0.2) is 47.3 Å². The highest BCUT2D eigenvalue weighted by atomic mass is 35.5. The molecular formula is C20H25ClF3N3O2. The van der Waals surface area contributed by atoms with Gasteiger partial charge in [0.1, 0.15) is 5.75 Å². The fraction of sp³-hybridized carbons (Fsp3) is 0.450. The molecule has 1 amide bonds. The van der Waals surface area contributed by atoms with E-state index in [1.807, 2.05) is 31.0 Å². The van der Waals surface area contributed by atoms with E-state index < -0.39 is 12.7 Å². The molecule has 0 aliphatic carbocycles. The number of hydrogen-bond acceptors (Lipinski definition) is 4. The van der Waals surface area contributed by atoms with Crippen LogP contribution < -0.4 is 10.6 Å². The summed E-state index contributed by atoms with van der Waals surface area (Å²) >= 11 is 5.89. The lowest BCUT2D eigenvalue weighted by Gasteiger charge is -2.39. The zero-order valence-electron chi connectivity index (χ0n) is 16.3. The number of amides is 1. The second kappa shape index (κ2) is 9.54. The number of phenolic OH excluding ortho intramolecular Hbond substituents is 1. The number of alkyl halides is 3. The van der Waals surface area contributed by atoms with Crippen LogP contribution in [-0.2, 0) is 11.2 Å². The minimum absolute atomic E-state index is 0.00442. The van der Waals surface area contributed by atoms with Gasteiger partial charge < -0.3 is 20.6 Å². The summed E-state index contributed by atoms with van der Waals surface area (Å²) in [5.74, 6) is -0.285. The van der Waals surface area contributed by atoms with Gasteiger partial charge in [0.05, 0.1) is 13.0 Å². The van der Waals surface area contributed by atoms with Crippen LogP contribution in [0.15, 0.2) is 42.2 Å². The fourth-order valence-electron chi connectivity index (χ4n) is 2.88. The number of carbonyl (C=O) groups is 1. The SMILES string of the molecule is CC(C)(CCNCC(F)(F)F)N1C=CC(NC(=O)Cc2cc(Cl)ccc2O)=CC1. The van der Waals surface area contributed by atoms with E-state index in [1.54, 1.807) is 18.2 Å². The quantitative estimate of drug-likeness (QED) is 0.549. The van der Waals surface area contributed by atoms with Crippen LogP contribution in [0.2, 0.25) is 5.02 Å². The number of phenols is 1. The molecule has 0 atom stereocenters. The first kappa shape index (κ1) is 23.1. The highest BCUT2D eigenvalue weighted by Crippen LogP contribution is 2.23. The first-order chi connectivity index (χ1) is 13.5. The molecule has 0 fully saturated rings. The first-order valence-corrected chi connectivity index (χ1v) is 9.54. The van der Waals surface area contributed by atoms with Crippen molar-refractivity contribution >= 4 is 17.5 Å². The maximum Gasteiger partial charge on any atom is 0.401 e. The summed E-state index contributed by atoms with van der Waals surface area (Å²) in [6, 6.07) is 4.52. The molecule has 0 spiro atoms. The van der Waals surface area contributed by atoms with E-state index in [0.29, 0.717) is 29.2 Å². The van der Waals surface area contributed by atoms with Crippen LogP contribution in [0.25, 0.3) is 0 Å². The Labute approximate surface area is 173 Å². The number of nitrogens with one attached hydrogen (secondary N) is 2. The lowest BCUT2D eigenvalue weighted by atomic mass is 9.97. The van der Waals surface area contributed by atoms with E-state index in [9.17, 15) is 23.1 Å². The highest BCUT2D eigenvalue weighted by Gasteiger charge is 2.28. The van der Waals surface area contributed by atoms with Crippen LogP contribution in [0.3, 0.4) is 0 Å². The summed E-state index contributed by atoms with van der Waals surface area (Å²) in [7, 11) is 0. The van der Waals surface area contributed by atoms with Gasteiger partial charge in [0.15, 0.2) is 0 Å². The van der Waals surface area contributed by atoms with Crippen molar-refractivity contribution in [2.75, 3.05) is 19.6 Å². The van der Waals surface area contributed by atoms with Gasteiger partial charge in [0.25, 0.3) is 0 Å². The van der Waals surface area contributed by atoms with E-state index in [4.69, 9.17) is 11.6 Å². The van der Waals surface area contributed by atoms with E-state index in [-0.39, 0.29) is 30.2 Å². The van der Waals surface area contributed by atoms with Gasteiger partial charge >= 0.3 is 6.18 Å². The van der Waals surface area contributed by atoms with Crippen molar-refractivity contribution in [2.45, 2.75) is 38.4 Å². The third-order valence-corrected chi connectivity index (χ3v) is 4.87. The zero-order chi connectivity index (χ0) is 21.7. The van der Waals surface area contributed by atoms with Crippen molar-refractivity contribution in [1.82, 2.24) is 15.5 Å². The number of carbonyl (C=O) groups excluding carboxylic acids is 1. The van der Waals surface area contributed by atoms with Gasteiger partial charge in [-0.25, -0.2) is 0 Å². The van der Waals surface area contributed by atoms with E-state index in [2.05, 4.69) is 10.6 Å². The number of nitrogens with zero attached hydrogens (tertiary/aromatic N) is 1. The van der Waals surface area contributed by atoms with Gasteiger partial charge in [0.2, 0.25) is 5.91 Å². The lowest BCUT2D eigenvalue weighted by molar-refractivity contribution is -0.125. The Hall–Kier alpha value is -2.19. The molecule has 0 radical (unpaired) electrons. The van der Waals surface area contributed by atoms with Crippen LogP contribution in [0, 0.1) is 0 Å². The summed E-state index contributed by atoms with van der Waals surface area (Å²) in [4.78, 5) is 14.2. The smallest absolute Gasteiger partial charge is 0.401 e. The minimum Gasteiger partial charge on any atom is -0.508 e. The van der Waals surface area contributed by atoms with Gasteiger partial charge in [-0.15, -0.1) is 0 Å². The Bertz CT molecular complexity index is 792. The van der Waals surface area contributed by atoms with Crippen molar-refractivity contribution in [2.24, 2.45) is 0 Å². The second-order valence-electron chi connectivity index (χ2n) is 7.48. The van der Waals surface area contributed by atoms with Crippen LogP contribution in [0.5, 0.6) is 5.75 Å². The Balaban J connectivity index is 1.83. The van der Waals surface area contributed by atoms with E-state index in [0.717, 1.165) is 0 Å². The molecule has 5 nitrogen and oxygen atoms in total. The molecule has 0 aromatic heterocycles. The Morgan fingerprint density at radius 1 is 1.31 bits per heavy atom. The molecule has 1 aliphatic heterocycles. The molecule has 0 unspecified atom stereocenters. The maximum atomic E-state index is 12.2. The highest BCUT2D eigenvalue weighted by molar-refractivity contribution is 6.30. The molecule has 0 saturated heterocycles. The van der Waals surface area contributed by atoms with Gasteiger partial charge in [-0.05, 0) is 57.2 Å². The van der Waals surface area contributed by atoms with E-state index >= 15 is 0 Å². The maximum absolute atomic E-state index is 12.2. The molecule has 0 bridgehead atoms. The number of allylic oxidation sites excluding steroid dienone is 1. The molecule has 1 aliphatic rings. The topological polar surface area (TPSA) is 64.6 Å². The standard InChI is InChI=1S/C20H25ClF3N3O2/c1-19(2,7-8-25-13-20(22,23)24)27-9-5-16(6-10-27)26-18(29)12-14-11-15(21)3-4-17(14)28/h3-6,9,11,25,28H,7-8,10,12-13H2,1-2H3,(H,26,29). The fourth-order valence-corrected chi connectivity index (χ4v) is 3.07. The van der Waals surface area contributed by atoms with Crippen molar-refractivity contribution < 1.29 is 23.1 Å². The largest absolute Gasteiger partial charge is 0.508 e. The first-order valence-electron chi connectivity index (χ1n) is 9.16. The van der Waals surface area contributed by atoms with Crippen molar-refractivity contribution in [1.29, 1.82) is 0 Å². The number of hydrogen-bond donors (Lipinski definition) is 3. The summed E-state index contributed by atoms with van der Waals surface area (Å²) in [6.07, 6.45) is 1.68. The minimum atomic E-state index is -4.22. The lowest BCUT2D eigenvalue weighted by Crippen LogP contribution is -2.44. The van der Waals surface area contributed by atoms with Gasteiger partial charge in [0, 0.05) is 34.6 Å². The van der Waals surface area contributed by atoms with Crippen LogP contribution in [0.1, 0.15) is 25.8 Å².